The van der Waals surface area contributed by atoms with E-state index < -0.39 is 9.84 Å². The van der Waals surface area contributed by atoms with Crippen LogP contribution in [0.3, 0.4) is 0 Å². The summed E-state index contributed by atoms with van der Waals surface area (Å²) in [5.41, 5.74) is 14.0. The minimum absolute atomic E-state index is 0.0360. The summed E-state index contributed by atoms with van der Waals surface area (Å²) in [5, 5.41) is 7.04. The maximum atomic E-state index is 12.5. The van der Waals surface area contributed by atoms with Crippen molar-refractivity contribution in [3.63, 3.8) is 0 Å². The van der Waals surface area contributed by atoms with Crippen molar-refractivity contribution in [1.82, 2.24) is 25.2 Å². The first-order valence-corrected chi connectivity index (χ1v) is 19.8. The second kappa shape index (κ2) is 18.0. The number of ether oxygens (including phenoxy) is 1. The van der Waals surface area contributed by atoms with E-state index in [-0.39, 0.29) is 34.1 Å². The number of nitrogens with two attached hydrogens (primary N) is 2. The van der Waals surface area contributed by atoms with Gasteiger partial charge in [0.1, 0.15) is 5.65 Å². The lowest BCUT2D eigenvalue weighted by Gasteiger charge is -2.23. The number of carbonyl (C=O) groups is 1. The van der Waals surface area contributed by atoms with Crippen LogP contribution in [0.2, 0.25) is 0 Å². The first-order valence-electron chi connectivity index (χ1n) is 18.2. The highest BCUT2D eigenvalue weighted by Gasteiger charge is 2.20. The van der Waals surface area contributed by atoms with Gasteiger partial charge in [0.25, 0.3) is 5.91 Å². The lowest BCUT2D eigenvalue weighted by atomic mass is 9.87. The molecule has 0 bridgehead atoms. The Balaban J connectivity index is 0.000000245. The van der Waals surface area contributed by atoms with E-state index in [0.717, 1.165) is 42.7 Å². The monoisotopic (exact) mass is 748 g/mol. The minimum atomic E-state index is -3.20. The first kappa shape index (κ1) is 41.2. The highest BCUT2D eigenvalue weighted by molar-refractivity contribution is 7.91. The molecule has 4 aromatic rings. The van der Waals surface area contributed by atoms with Gasteiger partial charge in [-0.15, -0.1) is 0 Å². The van der Waals surface area contributed by atoms with Crippen LogP contribution in [0, 0.1) is 0 Å². The summed E-state index contributed by atoms with van der Waals surface area (Å²) < 4.78 is 31.7. The number of carbonyl (C=O) groups excluding carboxylic acids is 1. The van der Waals surface area contributed by atoms with E-state index in [9.17, 15) is 18.0 Å². The number of amides is 1. The van der Waals surface area contributed by atoms with E-state index in [1.807, 2.05) is 18.2 Å². The number of rotatable bonds is 12. The van der Waals surface area contributed by atoms with Crippen LogP contribution in [-0.4, -0.2) is 79.5 Å². The Morgan fingerprint density at radius 2 is 1.70 bits per heavy atom. The van der Waals surface area contributed by atoms with E-state index in [4.69, 9.17) is 16.2 Å². The lowest BCUT2D eigenvalue weighted by molar-refractivity contribution is 0.0706. The van der Waals surface area contributed by atoms with Gasteiger partial charge in [-0.1, -0.05) is 53.7 Å². The molecular weight excluding hydrogens is 693 g/mol. The number of hydrogen-bond donors (Lipinski definition) is 5. The molecule has 0 aliphatic carbocycles. The van der Waals surface area contributed by atoms with Crippen LogP contribution in [0.15, 0.2) is 75.5 Å². The van der Waals surface area contributed by atoms with Gasteiger partial charge in [0.15, 0.2) is 15.8 Å². The van der Waals surface area contributed by atoms with Crippen molar-refractivity contribution >= 4 is 32.7 Å². The zero-order chi connectivity index (χ0) is 38.8. The van der Waals surface area contributed by atoms with Crippen molar-refractivity contribution in [3.05, 3.63) is 88.1 Å². The molecule has 53 heavy (non-hydrogen) atoms. The van der Waals surface area contributed by atoms with E-state index >= 15 is 0 Å². The maximum Gasteiger partial charge on any atom is 0.354 e. The van der Waals surface area contributed by atoms with Gasteiger partial charge in [0.2, 0.25) is 0 Å². The SMILES string of the molecule is CC(C)(C)c1cc2cn(-c3ccc(C(=O)NCCCN=C(N)N)cc3)c(=O)nc2[nH]1.CC(C)(C)c1ccc(S(=O)(=O)CCCNC2CCCOC2)cc1. The fraction of sp³-hybridized carbons (Fsp3) is 0.487. The quantitative estimate of drug-likeness (QED) is 0.0796. The third kappa shape index (κ3) is 12.3. The van der Waals surface area contributed by atoms with Crippen LogP contribution in [0.5, 0.6) is 0 Å². The van der Waals surface area contributed by atoms with Crippen LogP contribution >= 0.6 is 0 Å². The molecule has 13 nitrogen and oxygen atoms in total. The van der Waals surface area contributed by atoms with Crippen molar-refractivity contribution in [2.24, 2.45) is 16.5 Å². The van der Waals surface area contributed by atoms with Gasteiger partial charge in [0, 0.05) is 54.0 Å². The predicted molar refractivity (Wildman–Crippen MR) is 212 cm³/mol. The molecule has 7 N–H and O–H groups in total. The van der Waals surface area contributed by atoms with Crippen molar-refractivity contribution in [1.29, 1.82) is 0 Å². The summed E-state index contributed by atoms with van der Waals surface area (Å²) in [5.74, 6) is 0.0179. The summed E-state index contributed by atoms with van der Waals surface area (Å²) in [6.45, 7) is 15.9. The van der Waals surface area contributed by atoms with Gasteiger partial charge in [0.05, 0.1) is 22.9 Å². The molecule has 14 heteroatoms. The second-order valence-corrected chi connectivity index (χ2v) is 17.5. The number of aliphatic imine (C=N–C) groups is 1. The Bertz CT molecular complexity index is 2000. The molecule has 1 atom stereocenters. The molecule has 2 aromatic carbocycles. The number of hydrogen-bond acceptors (Lipinski definition) is 8. The molecule has 5 rings (SSSR count). The number of guanidine groups is 1. The van der Waals surface area contributed by atoms with Crippen molar-refractivity contribution in [2.45, 2.75) is 89.0 Å². The molecule has 0 spiro atoms. The summed E-state index contributed by atoms with van der Waals surface area (Å²) in [7, 11) is -3.20. The highest BCUT2D eigenvalue weighted by atomic mass is 32.2. The molecule has 0 saturated carbocycles. The summed E-state index contributed by atoms with van der Waals surface area (Å²) >= 11 is 0. The van der Waals surface area contributed by atoms with E-state index in [1.54, 1.807) is 42.6 Å². The number of aromatic amines is 1. The molecule has 1 unspecified atom stereocenters. The largest absolute Gasteiger partial charge is 0.380 e. The Morgan fingerprint density at radius 3 is 2.30 bits per heavy atom. The molecule has 288 valence electrons. The van der Waals surface area contributed by atoms with Gasteiger partial charge in [-0.25, -0.2) is 13.2 Å². The number of sulfone groups is 1. The zero-order valence-corrected chi connectivity index (χ0v) is 32.7. The minimum Gasteiger partial charge on any atom is -0.380 e. The molecule has 1 fully saturated rings. The third-order valence-electron chi connectivity index (χ3n) is 8.90. The number of aromatic nitrogens is 3. The first-order chi connectivity index (χ1) is 24.9. The molecule has 3 heterocycles. The Morgan fingerprint density at radius 1 is 1.00 bits per heavy atom. The topological polar surface area (TPSA) is 200 Å². The van der Waals surface area contributed by atoms with Crippen molar-refractivity contribution < 1.29 is 17.9 Å². The van der Waals surface area contributed by atoms with Crippen molar-refractivity contribution in [2.75, 3.05) is 38.6 Å². The number of fused-ring (bicyclic) bond motifs is 1. The standard InChI is InChI=1S/C21H27N7O2.C18H29NO3S/c1-21(2,3)16-11-14-12-28(20(30)27-17(14)26-16)15-7-5-13(6-8-15)18(29)24-9-4-10-25-19(22)23;1-18(2,3)15-7-9-17(10-8-15)23(20,21)13-5-11-19-16-6-4-12-22-14-16/h5-8,11-12H,4,9-10H2,1-3H3,(H,24,29)(H4,22,23,25)(H,26,27,30);7-10,16,19H,4-6,11-14H2,1-3H3. The van der Waals surface area contributed by atoms with Gasteiger partial charge < -0.3 is 31.8 Å². The third-order valence-corrected chi connectivity index (χ3v) is 10.7. The Hall–Kier alpha value is -4.53. The average molecular weight is 749 g/mol. The smallest absolute Gasteiger partial charge is 0.354 e. The normalized spacial score (nSPS) is 15.0. The molecule has 1 amide bonds. The fourth-order valence-corrected chi connectivity index (χ4v) is 7.01. The molecular formula is C39H56N8O5S. The molecule has 0 radical (unpaired) electrons. The average Bonchev–Trinajstić information content (AvgIpc) is 3.54. The Kier molecular flexibility index (Phi) is 14.0. The lowest BCUT2D eigenvalue weighted by Crippen LogP contribution is -2.37. The van der Waals surface area contributed by atoms with E-state index in [0.29, 0.717) is 60.3 Å². The van der Waals surface area contributed by atoms with Crippen molar-refractivity contribution in [3.8, 4) is 5.69 Å². The highest BCUT2D eigenvalue weighted by Crippen LogP contribution is 2.25. The van der Waals surface area contributed by atoms with Gasteiger partial charge in [-0.05, 0) is 85.7 Å². The van der Waals surface area contributed by atoms with Crippen LogP contribution in [0.4, 0.5) is 0 Å². The van der Waals surface area contributed by atoms with E-state index in [2.05, 4.69) is 67.1 Å². The fourth-order valence-electron chi connectivity index (χ4n) is 5.70. The van der Waals surface area contributed by atoms with Crippen LogP contribution in [0.25, 0.3) is 16.7 Å². The second-order valence-electron chi connectivity index (χ2n) is 15.4. The molecule has 1 saturated heterocycles. The zero-order valence-electron chi connectivity index (χ0n) is 31.9. The van der Waals surface area contributed by atoms with E-state index in [1.165, 1.54) is 4.57 Å². The summed E-state index contributed by atoms with van der Waals surface area (Å²) in [6, 6.07) is 16.5. The number of benzene rings is 2. The summed E-state index contributed by atoms with van der Waals surface area (Å²) in [4.78, 5) is 36.4. The molecule has 1 aliphatic heterocycles. The van der Waals surface area contributed by atoms with Crippen LogP contribution < -0.4 is 27.8 Å². The molecule has 1 aliphatic rings. The van der Waals surface area contributed by atoms with Gasteiger partial charge in [-0.2, -0.15) is 4.98 Å². The maximum absolute atomic E-state index is 12.5. The van der Waals surface area contributed by atoms with Gasteiger partial charge in [-0.3, -0.25) is 14.4 Å². The van der Waals surface area contributed by atoms with Crippen LogP contribution in [-0.2, 0) is 25.4 Å². The number of H-pyrrole nitrogens is 1. The number of nitrogens with zero attached hydrogens (tertiary/aromatic N) is 3. The molecule has 2 aromatic heterocycles. The van der Waals surface area contributed by atoms with Gasteiger partial charge >= 0.3 is 5.69 Å². The van der Waals surface area contributed by atoms with Crippen LogP contribution in [0.1, 0.15) is 88.8 Å². The summed E-state index contributed by atoms with van der Waals surface area (Å²) in [6.07, 6.45) is 5.21. The Labute approximate surface area is 312 Å². The predicted octanol–water partition coefficient (Wildman–Crippen LogP) is 4.32. The number of nitrogens with one attached hydrogen (secondary N) is 3.